The van der Waals surface area contributed by atoms with Crippen molar-refractivity contribution in [3.63, 3.8) is 0 Å². The number of carboxylic acids is 1. The zero-order chi connectivity index (χ0) is 22.4. The molecule has 7 nitrogen and oxygen atoms in total. The molecule has 0 spiro atoms. The van der Waals surface area contributed by atoms with Gasteiger partial charge in [0.2, 0.25) is 11.6 Å². The molecule has 1 aromatic heterocycles. The van der Waals surface area contributed by atoms with E-state index in [0.29, 0.717) is 0 Å². The predicted molar refractivity (Wildman–Crippen MR) is 120 cm³/mol. The molecule has 0 saturated heterocycles. The summed E-state index contributed by atoms with van der Waals surface area (Å²) in [4.78, 5) is 33.5. The van der Waals surface area contributed by atoms with Gasteiger partial charge in [0.05, 0.1) is 5.41 Å². The molecule has 0 bridgehead atoms. The van der Waals surface area contributed by atoms with Crippen LogP contribution in [0.4, 0.5) is 5.13 Å². The summed E-state index contributed by atoms with van der Waals surface area (Å²) < 4.78 is 0. The summed E-state index contributed by atoms with van der Waals surface area (Å²) in [6.07, 6.45) is 0. The summed E-state index contributed by atoms with van der Waals surface area (Å²) in [6.45, 7) is 3.77. The van der Waals surface area contributed by atoms with Crippen LogP contribution in [0.25, 0.3) is 0 Å². The van der Waals surface area contributed by atoms with Crippen molar-refractivity contribution in [1.29, 1.82) is 0 Å². The molecule has 0 aliphatic heterocycles. The Hall–Kier alpha value is -3.52. The molecular formula is C23H23N3O4S. The smallest absolute Gasteiger partial charge is 0.360 e. The number of thiazole rings is 1. The van der Waals surface area contributed by atoms with Gasteiger partial charge in [0.15, 0.2) is 5.13 Å². The zero-order valence-corrected chi connectivity index (χ0v) is 18.2. The first kappa shape index (κ1) is 22.2. The first-order valence-corrected chi connectivity index (χ1v) is 10.4. The molecule has 1 heterocycles. The van der Waals surface area contributed by atoms with E-state index in [4.69, 9.17) is 0 Å². The molecule has 2 aromatic carbocycles. The highest BCUT2D eigenvalue weighted by atomic mass is 32.1. The molecule has 0 radical (unpaired) electrons. The number of aliphatic carboxylic acids is 1. The highest BCUT2D eigenvalue weighted by molar-refractivity contribution is 7.14. The van der Waals surface area contributed by atoms with Crippen molar-refractivity contribution in [3.8, 4) is 0 Å². The maximum absolute atomic E-state index is 13.3. The van der Waals surface area contributed by atoms with Gasteiger partial charge in [-0.05, 0) is 11.1 Å². The predicted octanol–water partition coefficient (Wildman–Crippen LogP) is 4.38. The minimum absolute atomic E-state index is 0.120. The van der Waals surface area contributed by atoms with Gasteiger partial charge in [-0.25, -0.2) is 9.78 Å². The van der Waals surface area contributed by atoms with Gasteiger partial charge >= 0.3 is 5.97 Å². The molecule has 0 aliphatic carbocycles. The van der Waals surface area contributed by atoms with Crippen molar-refractivity contribution in [2.75, 3.05) is 12.4 Å². The molecule has 31 heavy (non-hydrogen) atoms. The van der Waals surface area contributed by atoms with Crippen molar-refractivity contribution in [2.24, 2.45) is 10.6 Å². The quantitative estimate of drug-likeness (QED) is 0.402. The number of nitrogens with zero attached hydrogens (tertiary/aromatic N) is 2. The van der Waals surface area contributed by atoms with Gasteiger partial charge in [0.1, 0.15) is 12.8 Å². The fourth-order valence-corrected chi connectivity index (χ4v) is 4.12. The number of anilines is 1. The fourth-order valence-electron chi connectivity index (χ4n) is 3.43. The summed E-state index contributed by atoms with van der Waals surface area (Å²) in [5, 5.41) is 17.4. The van der Waals surface area contributed by atoms with E-state index in [1.165, 1.54) is 12.5 Å². The van der Waals surface area contributed by atoms with Gasteiger partial charge in [-0.1, -0.05) is 79.7 Å². The molecular weight excluding hydrogens is 414 g/mol. The first-order valence-electron chi connectivity index (χ1n) is 9.56. The van der Waals surface area contributed by atoms with Crippen LogP contribution in [0.15, 0.2) is 71.2 Å². The van der Waals surface area contributed by atoms with E-state index in [-0.39, 0.29) is 28.4 Å². The highest BCUT2D eigenvalue weighted by Gasteiger charge is 2.39. The van der Waals surface area contributed by atoms with E-state index < -0.39 is 11.4 Å². The normalized spacial score (nSPS) is 11.9. The Balaban J connectivity index is 1.90. The van der Waals surface area contributed by atoms with E-state index in [9.17, 15) is 14.7 Å². The van der Waals surface area contributed by atoms with Crippen LogP contribution in [0.1, 0.15) is 36.6 Å². The standard InChI is InChI=1S/C23H23N3O4S/c1-23(2,18(15-10-6-4-7-11-15)16-12-8-5-9-13-16)21(29)25-22-24-17(14-31-22)19(20(27)28)26-30-3/h4-14,18H,1-3H3,(H,27,28)(H,24,25,29). The Morgan fingerprint density at radius 2 is 1.61 bits per heavy atom. The summed E-state index contributed by atoms with van der Waals surface area (Å²) in [5.74, 6) is -1.69. The number of carboxylic acid groups (broad SMARTS) is 1. The van der Waals surface area contributed by atoms with Crippen molar-refractivity contribution in [1.82, 2.24) is 4.98 Å². The molecule has 0 fully saturated rings. The van der Waals surface area contributed by atoms with E-state index in [1.807, 2.05) is 74.5 Å². The van der Waals surface area contributed by atoms with E-state index in [0.717, 1.165) is 22.5 Å². The Morgan fingerprint density at radius 1 is 1.06 bits per heavy atom. The fraction of sp³-hybridized carbons (Fsp3) is 0.217. The number of hydrogen-bond donors (Lipinski definition) is 2. The molecule has 3 aromatic rings. The SMILES string of the molecule is CON=C(C(=O)O)c1csc(NC(=O)C(C)(C)C(c2ccccc2)c2ccccc2)n1. The number of hydrogen-bond acceptors (Lipinski definition) is 6. The Morgan fingerprint density at radius 3 is 2.10 bits per heavy atom. The topological polar surface area (TPSA) is 101 Å². The van der Waals surface area contributed by atoms with Crippen molar-refractivity contribution in [3.05, 3.63) is 82.9 Å². The minimum Gasteiger partial charge on any atom is -0.476 e. The van der Waals surface area contributed by atoms with Gasteiger partial charge in [-0.3, -0.25) is 4.79 Å². The lowest BCUT2D eigenvalue weighted by atomic mass is 9.70. The zero-order valence-electron chi connectivity index (χ0n) is 17.4. The second kappa shape index (κ2) is 9.53. The molecule has 160 valence electrons. The summed E-state index contributed by atoms with van der Waals surface area (Å²) >= 11 is 1.13. The summed E-state index contributed by atoms with van der Waals surface area (Å²) in [7, 11) is 1.26. The maximum Gasteiger partial charge on any atom is 0.360 e. The molecule has 0 saturated carbocycles. The Kier molecular flexibility index (Phi) is 6.81. The van der Waals surface area contributed by atoms with Crippen molar-refractivity contribution >= 4 is 34.1 Å². The van der Waals surface area contributed by atoms with Gasteiger partial charge in [0, 0.05) is 11.3 Å². The average molecular weight is 438 g/mol. The van der Waals surface area contributed by atoms with Gasteiger partial charge in [0.25, 0.3) is 0 Å². The lowest BCUT2D eigenvalue weighted by Crippen LogP contribution is -2.37. The van der Waals surface area contributed by atoms with Crippen LogP contribution in [-0.4, -0.2) is 34.8 Å². The van der Waals surface area contributed by atoms with Crippen LogP contribution in [0.5, 0.6) is 0 Å². The van der Waals surface area contributed by atoms with Gasteiger partial charge < -0.3 is 15.3 Å². The molecule has 0 atom stereocenters. The van der Waals surface area contributed by atoms with Crippen LogP contribution >= 0.6 is 11.3 Å². The molecule has 0 aliphatic rings. The highest BCUT2D eigenvalue weighted by Crippen LogP contribution is 2.41. The van der Waals surface area contributed by atoms with E-state index in [1.54, 1.807) is 0 Å². The number of rotatable bonds is 8. The molecule has 1 amide bonds. The Labute approximate surface area is 184 Å². The van der Waals surface area contributed by atoms with Crippen LogP contribution in [0, 0.1) is 5.41 Å². The third kappa shape index (κ3) is 4.97. The van der Waals surface area contributed by atoms with Gasteiger partial charge in [-0.2, -0.15) is 0 Å². The third-order valence-corrected chi connectivity index (χ3v) is 5.68. The molecule has 0 unspecified atom stereocenters. The molecule has 8 heteroatoms. The van der Waals surface area contributed by atoms with Crippen LogP contribution in [-0.2, 0) is 14.4 Å². The first-order chi connectivity index (χ1) is 14.8. The average Bonchev–Trinajstić information content (AvgIpc) is 3.21. The van der Waals surface area contributed by atoms with Crippen molar-refractivity contribution < 1.29 is 19.5 Å². The second-order valence-electron chi connectivity index (χ2n) is 7.40. The molecule has 2 N–H and O–H groups in total. The number of carbonyl (C=O) groups excluding carboxylic acids is 1. The largest absolute Gasteiger partial charge is 0.476 e. The van der Waals surface area contributed by atoms with Crippen LogP contribution in [0.3, 0.4) is 0 Å². The maximum atomic E-state index is 13.3. The van der Waals surface area contributed by atoms with Crippen LogP contribution < -0.4 is 5.32 Å². The van der Waals surface area contributed by atoms with Crippen molar-refractivity contribution in [2.45, 2.75) is 19.8 Å². The monoisotopic (exact) mass is 437 g/mol. The Bertz CT molecular complexity index is 1040. The number of aromatic nitrogens is 1. The number of amides is 1. The third-order valence-electron chi connectivity index (χ3n) is 4.93. The summed E-state index contributed by atoms with van der Waals surface area (Å²) in [5.41, 5.74) is 1.01. The number of carbonyl (C=O) groups is 2. The summed E-state index contributed by atoms with van der Waals surface area (Å²) in [6, 6.07) is 19.7. The second-order valence-corrected chi connectivity index (χ2v) is 8.25. The van der Waals surface area contributed by atoms with E-state index >= 15 is 0 Å². The molecule has 3 rings (SSSR count). The van der Waals surface area contributed by atoms with E-state index in [2.05, 4.69) is 20.3 Å². The van der Waals surface area contributed by atoms with Gasteiger partial charge in [-0.15, -0.1) is 11.3 Å². The minimum atomic E-state index is -1.27. The number of nitrogens with one attached hydrogen (secondary N) is 1. The lowest BCUT2D eigenvalue weighted by Gasteiger charge is -2.33. The lowest BCUT2D eigenvalue weighted by molar-refractivity contribution is -0.129. The number of oxime groups is 1. The van der Waals surface area contributed by atoms with Crippen LogP contribution in [0.2, 0.25) is 0 Å². The number of benzene rings is 2.